The van der Waals surface area contributed by atoms with E-state index in [4.69, 9.17) is 27.4 Å². The Morgan fingerprint density at radius 2 is 1.44 bits per heavy atom. The van der Waals surface area contributed by atoms with Crippen LogP contribution in [0.2, 0.25) is 0 Å². The Balaban J connectivity index is 5.47. The van der Waals surface area contributed by atoms with Crippen LogP contribution in [0.4, 0.5) is 0 Å². The van der Waals surface area contributed by atoms with Gasteiger partial charge in [0, 0.05) is 0 Å². The van der Waals surface area contributed by atoms with E-state index in [1.807, 2.05) is 12.2 Å². The maximum absolute atomic E-state index is 12.8. The van der Waals surface area contributed by atoms with Crippen LogP contribution in [0.25, 0.3) is 0 Å². The third kappa shape index (κ3) is 10.5. The number of aliphatic carboxylic acids is 1. The highest BCUT2D eigenvalue weighted by Gasteiger charge is 2.31. The van der Waals surface area contributed by atoms with Crippen LogP contribution in [0.3, 0.4) is 0 Å². The summed E-state index contributed by atoms with van der Waals surface area (Å²) in [5.74, 6) is -4.91. The number of rotatable bonds is 16. The number of primary amides is 1. The van der Waals surface area contributed by atoms with Crippen LogP contribution in [0.15, 0.2) is 0 Å². The molecular formula is C19H36N6O7. The molecule has 0 bridgehead atoms. The summed E-state index contributed by atoms with van der Waals surface area (Å²) in [6.07, 6.45) is 1.30. The van der Waals surface area contributed by atoms with Crippen LogP contribution < -0.4 is 33.2 Å². The number of aliphatic hydroxyl groups excluding tert-OH is 1. The van der Waals surface area contributed by atoms with Crippen LogP contribution in [-0.4, -0.2) is 77.1 Å². The van der Waals surface area contributed by atoms with E-state index in [9.17, 15) is 24.0 Å². The molecule has 0 saturated heterocycles. The van der Waals surface area contributed by atoms with Crippen LogP contribution in [0, 0.1) is 5.92 Å². The second-order valence-electron chi connectivity index (χ2n) is 7.57. The van der Waals surface area contributed by atoms with Crippen molar-refractivity contribution in [3.05, 3.63) is 0 Å². The molecule has 5 atom stereocenters. The van der Waals surface area contributed by atoms with Gasteiger partial charge < -0.3 is 43.4 Å². The molecule has 0 aliphatic carbocycles. The van der Waals surface area contributed by atoms with E-state index in [1.165, 1.54) is 0 Å². The number of carboxylic acid groups (broad SMARTS) is 1. The molecule has 184 valence electrons. The molecule has 0 aliphatic rings. The number of hydrogen-bond acceptors (Lipinski definition) is 8. The van der Waals surface area contributed by atoms with Gasteiger partial charge in [-0.3, -0.25) is 19.2 Å². The minimum atomic E-state index is -1.64. The number of nitrogens with two attached hydrogens (primary N) is 3. The molecule has 32 heavy (non-hydrogen) atoms. The molecule has 0 heterocycles. The van der Waals surface area contributed by atoms with Crippen molar-refractivity contribution in [2.24, 2.45) is 23.1 Å². The monoisotopic (exact) mass is 460 g/mol. The number of aliphatic hydroxyl groups is 1. The first kappa shape index (κ1) is 29.2. The maximum atomic E-state index is 12.8. The van der Waals surface area contributed by atoms with E-state index in [1.54, 1.807) is 6.92 Å². The van der Waals surface area contributed by atoms with Crippen molar-refractivity contribution in [3.8, 4) is 0 Å². The first-order chi connectivity index (χ1) is 15.0. The van der Waals surface area contributed by atoms with Crippen molar-refractivity contribution in [1.29, 1.82) is 0 Å². The molecule has 13 nitrogen and oxygen atoms in total. The van der Waals surface area contributed by atoms with Crippen LogP contribution >= 0.6 is 0 Å². The van der Waals surface area contributed by atoms with E-state index in [2.05, 4.69) is 10.6 Å². The lowest BCUT2D eigenvalue weighted by Crippen LogP contribution is -2.58. The van der Waals surface area contributed by atoms with Crippen LogP contribution in [0.5, 0.6) is 0 Å². The minimum absolute atomic E-state index is 0.137. The SMILES string of the molecule is CCC(C)C(N)C(=O)NC(CCCCN)C(=O)NC(CC(N)=O)C(=O)NC(CO)C(=O)O. The fraction of sp³-hybridized carbons (Fsp3) is 0.737. The second-order valence-corrected chi connectivity index (χ2v) is 7.57. The standard InChI is InChI=1S/C19H36N6O7/c1-3-10(2)15(22)18(30)23-11(6-4-5-7-20)16(28)24-12(8-14(21)27)17(29)25-13(9-26)19(31)32/h10-13,15,26H,3-9,20,22H2,1-2H3,(H2,21,27)(H,23,30)(H,24,28)(H,25,29)(H,31,32). The first-order valence-corrected chi connectivity index (χ1v) is 10.5. The molecular weight excluding hydrogens is 424 g/mol. The molecule has 0 radical (unpaired) electrons. The molecule has 0 rings (SSSR count). The molecule has 4 amide bonds. The number of amides is 4. The largest absolute Gasteiger partial charge is 0.480 e. The summed E-state index contributed by atoms with van der Waals surface area (Å²) in [4.78, 5) is 60.1. The van der Waals surface area contributed by atoms with E-state index >= 15 is 0 Å². The predicted molar refractivity (Wildman–Crippen MR) is 115 cm³/mol. The summed E-state index contributed by atoms with van der Waals surface area (Å²) in [6.45, 7) is 3.14. The van der Waals surface area contributed by atoms with E-state index < -0.39 is 66.8 Å². The third-order valence-corrected chi connectivity index (χ3v) is 4.98. The van der Waals surface area contributed by atoms with Gasteiger partial charge in [0.25, 0.3) is 0 Å². The number of nitrogens with one attached hydrogen (secondary N) is 3. The van der Waals surface area contributed by atoms with Crippen molar-refractivity contribution in [2.75, 3.05) is 13.2 Å². The van der Waals surface area contributed by atoms with E-state index in [0.717, 1.165) is 0 Å². The van der Waals surface area contributed by atoms with Crippen molar-refractivity contribution >= 4 is 29.6 Å². The van der Waals surface area contributed by atoms with E-state index in [0.29, 0.717) is 25.8 Å². The fourth-order valence-electron chi connectivity index (χ4n) is 2.68. The first-order valence-electron chi connectivity index (χ1n) is 10.5. The number of unbranched alkanes of at least 4 members (excludes halogenated alkanes) is 1. The Morgan fingerprint density at radius 3 is 1.91 bits per heavy atom. The van der Waals surface area contributed by atoms with Crippen LogP contribution in [-0.2, 0) is 24.0 Å². The normalized spacial score (nSPS) is 15.5. The summed E-state index contributed by atoms with van der Waals surface area (Å²) < 4.78 is 0. The number of carboxylic acids is 1. The highest BCUT2D eigenvalue weighted by molar-refractivity contribution is 5.96. The molecule has 0 fully saturated rings. The van der Waals surface area contributed by atoms with Crippen LogP contribution in [0.1, 0.15) is 46.0 Å². The summed E-state index contributed by atoms with van der Waals surface area (Å²) >= 11 is 0. The zero-order valence-electron chi connectivity index (χ0n) is 18.5. The van der Waals surface area contributed by atoms with Gasteiger partial charge >= 0.3 is 5.97 Å². The van der Waals surface area contributed by atoms with Gasteiger partial charge in [-0.05, 0) is 31.7 Å². The Labute approximate surface area is 186 Å². The molecule has 0 aromatic rings. The zero-order chi connectivity index (χ0) is 24.8. The molecule has 13 heteroatoms. The van der Waals surface area contributed by atoms with Gasteiger partial charge in [-0.15, -0.1) is 0 Å². The van der Waals surface area contributed by atoms with Gasteiger partial charge in [0.2, 0.25) is 23.6 Å². The molecule has 0 aromatic heterocycles. The lowest BCUT2D eigenvalue weighted by molar-refractivity contribution is -0.143. The Kier molecular flexibility index (Phi) is 13.8. The molecule has 5 unspecified atom stereocenters. The smallest absolute Gasteiger partial charge is 0.328 e. The Bertz CT molecular complexity index is 660. The summed E-state index contributed by atoms with van der Waals surface area (Å²) in [7, 11) is 0. The Morgan fingerprint density at radius 1 is 0.906 bits per heavy atom. The summed E-state index contributed by atoms with van der Waals surface area (Å²) in [6, 6.07) is -5.07. The molecule has 0 aromatic carbocycles. The molecule has 0 spiro atoms. The lowest BCUT2D eigenvalue weighted by atomic mass is 9.98. The van der Waals surface area contributed by atoms with E-state index in [-0.39, 0.29) is 12.3 Å². The second kappa shape index (κ2) is 15.1. The average molecular weight is 461 g/mol. The highest BCUT2D eigenvalue weighted by Crippen LogP contribution is 2.08. The Hall–Kier alpha value is -2.77. The lowest BCUT2D eigenvalue weighted by Gasteiger charge is -2.25. The molecule has 0 aliphatic heterocycles. The number of hydrogen-bond donors (Lipinski definition) is 8. The zero-order valence-corrected chi connectivity index (χ0v) is 18.5. The van der Waals surface area contributed by atoms with Gasteiger partial charge in [0.05, 0.1) is 19.1 Å². The maximum Gasteiger partial charge on any atom is 0.328 e. The van der Waals surface area contributed by atoms with Crippen molar-refractivity contribution in [3.63, 3.8) is 0 Å². The summed E-state index contributed by atoms with van der Waals surface area (Å²) in [5, 5.41) is 24.9. The van der Waals surface area contributed by atoms with Crippen molar-refractivity contribution < 1.29 is 34.2 Å². The van der Waals surface area contributed by atoms with Gasteiger partial charge in [0.1, 0.15) is 18.1 Å². The summed E-state index contributed by atoms with van der Waals surface area (Å²) in [5.41, 5.74) is 16.5. The van der Waals surface area contributed by atoms with Crippen molar-refractivity contribution in [2.45, 2.75) is 70.1 Å². The van der Waals surface area contributed by atoms with Gasteiger partial charge in [0.15, 0.2) is 0 Å². The third-order valence-electron chi connectivity index (χ3n) is 4.98. The van der Waals surface area contributed by atoms with Crippen molar-refractivity contribution in [1.82, 2.24) is 16.0 Å². The van der Waals surface area contributed by atoms with Gasteiger partial charge in [-0.2, -0.15) is 0 Å². The average Bonchev–Trinajstić information content (AvgIpc) is 2.74. The fourth-order valence-corrected chi connectivity index (χ4v) is 2.68. The quantitative estimate of drug-likeness (QED) is 0.109. The predicted octanol–water partition coefficient (Wildman–Crippen LogP) is -3.10. The number of carbonyl (C=O) groups is 5. The molecule has 11 N–H and O–H groups in total. The highest BCUT2D eigenvalue weighted by atomic mass is 16.4. The topological polar surface area (TPSA) is 240 Å². The minimum Gasteiger partial charge on any atom is -0.480 e. The van der Waals surface area contributed by atoms with Gasteiger partial charge in [-0.25, -0.2) is 4.79 Å². The number of carbonyl (C=O) groups excluding carboxylic acids is 4. The van der Waals surface area contributed by atoms with Gasteiger partial charge in [-0.1, -0.05) is 20.3 Å². The molecule has 0 saturated carbocycles.